The van der Waals surface area contributed by atoms with Crippen molar-refractivity contribution in [2.24, 2.45) is 18.7 Å². The van der Waals surface area contributed by atoms with Crippen LogP contribution in [0.15, 0.2) is 23.1 Å². The van der Waals surface area contributed by atoms with E-state index in [1.807, 2.05) is 0 Å². The SMILES string of the molecule is CC1CCCCC1(CN)NC(=O)c1ccn(C)c(=O)c1. The third-order valence-corrected chi connectivity index (χ3v) is 4.55. The predicted molar refractivity (Wildman–Crippen MR) is 78.6 cm³/mol. The molecule has 1 aliphatic rings. The van der Waals surface area contributed by atoms with Crippen LogP contribution in [0.4, 0.5) is 0 Å². The van der Waals surface area contributed by atoms with Gasteiger partial charge >= 0.3 is 0 Å². The van der Waals surface area contributed by atoms with Crippen LogP contribution >= 0.6 is 0 Å². The van der Waals surface area contributed by atoms with Gasteiger partial charge in [-0.05, 0) is 24.8 Å². The highest BCUT2D eigenvalue weighted by molar-refractivity contribution is 5.94. The number of pyridine rings is 1. The van der Waals surface area contributed by atoms with Gasteiger partial charge in [-0.25, -0.2) is 0 Å². The van der Waals surface area contributed by atoms with Crippen LogP contribution in [0.2, 0.25) is 0 Å². The van der Waals surface area contributed by atoms with Crippen molar-refractivity contribution in [3.63, 3.8) is 0 Å². The molecule has 5 heteroatoms. The Hall–Kier alpha value is -1.62. The zero-order valence-electron chi connectivity index (χ0n) is 12.2. The number of carbonyl (C=O) groups excluding carboxylic acids is 1. The maximum absolute atomic E-state index is 12.4. The van der Waals surface area contributed by atoms with E-state index in [0.29, 0.717) is 18.0 Å². The summed E-state index contributed by atoms with van der Waals surface area (Å²) in [6.07, 6.45) is 5.86. The third-order valence-electron chi connectivity index (χ3n) is 4.55. The van der Waals surface area contributed by atoms with Gasteiger partial charge in [0.25, 0.3) is 11.5 Å². The highest BCUT2D eigenvalue weighted by Crippen LogP contribution is 2.33. The minimum absolute atomic E-state index is 0.184. The second-order valence-electron chi connectivity index (χ2n) is 5.83. The van der Waals surface area contributed by atoms with Crippen LogP contribution in [0, 0.1) is 5.92 Å². The van der Waals surface area contributed by atoms with Crippen LogP contribution in [0.3, 0.4) is 0 Å². The minimum Gasteiger partial charge on any atom is -0.345 e. The fourth-order valence-electron chi connectivity index (χ4n) is 2.94. The largest absolute Gasteiger partial charge is 0.345 e. The summed E-state index contributed by atoms with van der Waals surface area (Å²) in [6.45, 7) is 2.57. The molecule has 1 aliphatic carbocycles. The van der Waals surface area contributed by atoms with E-state index in [1.54, 1.807) is 19.3 Å². The van der Waals surface area contributed by atoms with Gasteiger partial charge in [0.15, 0.2) is 0 Å². The fraction of sp³-hybridized carbons (Fsp3) is 0.600. The van der Waals surface area contributed by atoms with E-state index >= 15 is 0 Å². The highest BCUT2D eigenvalue weighted by atomic mass is 16.2. The second kappa shape index (κ2) is 5.79. The molecule has 110 valence electrons. The van der Waals surface area contributed by atoms with Gasteiger partial charge in [-0.1, -0.05) is 19.8 Å². The molecule has 1 amide bonds. The molecule has 0 radical (unpaired) electrons. The van der Waals surface area contributed by atoms with Gasteiger partial charge in [-0.2, -0.15) is 0 Å². The molecule has 0 bridgehead atoms. The molecule has 1 saturated carbocycles. The number of hydrogen-bond acceptors (Lipinski definition) is 3. The fourth-order valence-corrected chi connectivity index (χ4v) is 2.94. The Balaban J connectivity index is 2.20. The van der Waals surface area contributed by atoms with E-state index < -0.39 is 0 Å². The van der Waals surface area contributed by atoms with Crippen molar-refractivity contribution in [2.45, 2.75) is 38.1 Å². The molecule has 2 rings (SSSR count). The second-order valence-corrected chi connectivity index (χ2v) is 5.83. The number of nitrogens with one attached hydrogen (secondary N) is 1. The number of aromatic nitrogens is 1. The quantitative estimate of drug-likeness (QED) is 0.866. The zero-order chi connectivity index (χ0) is 14.8. The normalized spacial score (nSPS) is 26.2. The van der Waals surface area contributed by atoms with E-state index in [-0.39, 0.29) is 17.0 Å². The highest BCUT2D eigenvalue weighted by Gasteiger charge is 2.38. The van der Waals surface area contributed by atoms with Crippen LogP contribution in [-0.4, -0.2) is 22.6 Å². The topological polar surface area (TPSA) is 77.1 Å². The van der Waals surface area contributed by atoms with Crippen molar-refractivity contribution < 1.29 is 4.79 Å². The predicted octanol–water partition coefficient (Wildman–Crippen LogP) is 1.02. The smallest absolute Gasteiger partial charge is 0.252 e. The summed E-state index contributed by atoms with van der Waals surface area (Å²) in [6, 6.07) is 3.03. The minimum atomic E-state index is -0.337. The van der Waals surface area contributed by atoms with Crippen LogP contribution in [-0.2, 0) is 7.05 Å². The molecule has 1 aromatic rings. The molecule has 0 saturated heterocycles. The summed E-state index contributed by atoms with van der Waals surface area (Å²) >= 11 is 0. The molecular weight excluding hydrogens is 254 g/mol. The Morgan fingerprint density at radius 2 is 2.30 bits per heavy atom. The molecular formula is C15H23N3O2. The number of carbonyl (C=O) groups is 1. The van der Waals surface area contributed by atoms with Crippen LogP contribution in [0.1, 0.15) is 43.0 Å². The number of aryl methyl sites for hydroxylation is 1. The van der Waals surface area contributed by atoms with Crippen LogP contribution < -0.4 is 16.6 Å². The molecule has 2 atom stereocenters. The van der Waals surface area contributed by atoms with Gasteiger partial charge in [0.2, 0.25) is 0 Å². The van der Waals surface area contributed by atoms with Gasteiger partial charge < -0.3 is 15.6 Å². The number of rotatable bonds is 3. The molecule has 0 aliphatic heterocycles. The number of amides is 1. The lowest BCUT2D eigenvalue weighted by Gasteiger charge is -2.42. The van der Waals surface area contributed by atoms with Gasteiger partial charge in [-0.3, -0.25) is 9.59 Å². The molecule has 1 heterocycles. The summed E-state index contributed by atoms with van der Waals surface area (Å²) in [4.78, 5) is 24.0. The van der Waals surface area contributed by atoms with Crippen molar-refractivity contribution in [2.75, 3.05) is 6.54 Å². The first-order valence-electron chi connectivity index (χ1n) is 7.18. The van der Waals surface area contributed by atoms with Crippen molar-refractivity contribution in [3.05, 3.63) is 34.2 Å². The average Bonchev–Trinajstić information content (AvgIpc) is 2.44. The average molecular weight is 277 g/mol. The molecule has 1 aromatic heterocycles. The first kappa shape index (κ1) is 14.8. The molecule has 2 unspecified atom stereocenters. The summed E-state index contributed by atoms with van der Waals surface area (Å²) < 4.78 is 1.44. The molecule has 1 fully saturated rings. The Labute approximate surface area is 119 Å². The maximum Gasteiger partial charge on any atom is 0.252 e. The maximum atomic E-state index is 12.4. The number of hydrogen-bond donors (Lipinski definition) is 2. The van der Waals surface area contributed by atoms with Crippen molar-refractivity contribution in [1.82, 2.24) is 9.88 Å². The lowest BCUT2D eigenvalue weighted by atomic mass is 9.73. The Morgan fingerprint density at radius 3 is 2.90 bits per heavy atom. The van der Waals surface area contributed by atoms with Crippen LogP contribution in [0.25, 0.3) is 0 Å². The number of nitrogens with two attached hydrogens (primary N) is 1. The molecule has 5 nitrogen and oxygen atoms in total. The molecule has 3 N–H and O–H groups in total. The summed E-state index contributed by atoms with van der Waals surface area (Å²) in [5.74, 6) is 0.152. The van der Waals surface area contributed by atoms with Gasteiger partial charge in [-0.15, -0.1) is 0 Å². The number of nitrogens with zero attached hydrogens (tertiary/aromatic N) is 1. The standard InChI is InChI=1S/C15H23N3O2/c1-11-5-3-4-7-15(11,10-16)17-14(20)12-6-8-18(2)13(19)9-12/h6,8-9,11H,3-5,7,10,16H2,1-2H3,(H,17,20). The van der Waals surface area contributed by atoms with Crippen molar-refractivity contribution >= 4 is 5.91 Å². The Morgan fingerprint density at radius 1 is 1.55 bits per heavy atom. The summed E-state index contributed by atoms with van der Waals surface area (Å²) in [5, 5.41) is 3.08. The van der Waals surface area contributed by atoms with E-state index in [2.05, 4.69) is 12.2 Å². The van der Waals surface area contributed by atoms with E-state index in [9.17, 15) is 9.59 Å². The van der Waals surface area contributed by atoms with Gasteiger partial charge in [0.1, 0.15) is 0 Å². The molecule has 0 aromatic carbocycles. The monoisotopic (exact) mass is 277 g/mol. The van der Waals surface area contributed by atoms with Gasteiger partial charge in [0, 0.05) is 31.4 Å². The van der Waals surface area contributed by atoms with Gasteiger partial charge in [0.05, 0.1) is 5.54 Å². The van der Waals surface area contributed by atoms with Crippen LogP contribution in [0.5, 0.6) is 0 Å². The van der Waals surface area contributed by atoms with E-state index in [0.717, 1.165) is 19.3 Å². The lowest BCUT2D eigenvalue weighted by molar-refractivity contribution is 0.0812. The first-order valence-corrected chi connectivity index (χ1v) is 7.18. The van der Waals surface area contributed by atoms with Crippen molar-refractivity contribution in [3.8, 4) is 0 Å². The Bertz CT molecular complexity index is 552. The Kier molecular flexibility index (Phi) is 4.28. The van der Waals surface area contributed by atoms with E-state index in [4.69, 9.17) is 5.73 Å². The summed E-state index contributed by atoms with van der Waals surface area (Å²) in [7, 11) is 1.66. The first-order chi connectivity index (χ1) is 9.48. The van der Waals surface area contributed by atoms with Crippen molar-refractivity contribution in [1.29, 1.82) is 0 Å². The summed E-state index contributed by atoms with van der Waals surface area (Å²) in [5.41, 5.74) is 5.81. The molecule has 20 heavy (non-hydrogen) atoms. The third kappa shape index (κ3) is 2.77. The lowest BCUT2D eigenvalue weighted by Crippen LogP contribution is -2.59. The van der Waals surface area contributed by atoms with E-state index in [1.165, 1.54) is 17.1 Å². The molecule has 0 spiro atoms. The zero-order valence-corrected chi connectivity index (χ0v) is 12.2.